The number of hydrogen-bond donors (Lipinski definition) is 1. The van der Waals surface area contributed by atoms with Crippen LogP contribution in [0.5, 0.6) is 5.75 Å². The van der Waals surface area contributed by atoms with Crippen molar-refractivity contribution >= 4 is 68.9 Å². The first-order valence-electron chi connectivity index (χ1n) is 9.56. The fraction of sp³-hybridized carbons (Fsp3) is 0.167. The van der Waals surface area contributed by atoms with Gasteiger partial charge in [-0.3, -0.25) is 4.79 Å². The maximum Gasteiger partial charge on any atom is 0.244 e. The SMILES string of the molecule is Cc1ccc(C)c(CC(=O)N/N=C/c2cc(I)c(OCc3ccc(Cl)cc3)c(I)c2)c1. The molecule has 1 amide bonds. The average Bonchev–Trinajstić information content (AvgIpc) is 2.71. The lowest BCUT2D eigenvalue weighted by Gasteiger charge is -2.11. The van der Waals surface area contributed by atoms with Gasteiger partial charge in [-0.05, 0) is 106 Å². The lowest BCUT2D eigenvalue weighted by Crippen LogP contribution is -2.20. The number of halogens is 3. The van der Waals surface area contributed by atoms with Crippen LogP contribution in [0.2, 0.25) is 5.02 Å². The van der Waals surface area contributed by atoms with Gasteiger partial charge in [0.15, 0.2) is 0 Å². The molecule has 0 unspecified atom stereocenters. The van der Waals surface area contributed by atoms with Crippen LogP contribution < -0.4 is 10.2 Å². The maximum absolute atomic E-state index is 12.2. The predicted molar refractivity (Wildman–Crippen MR) is 143 cm³/mol. The van der Waals surface area contributed by atoms with Crippen LogP contribution in [0.25, 0.3) is 0 Å². The van der Waals surface area contributed by atoms with E-state index in [1.165, 1.54) is 0 Å². The van der Waals surface area contributed by atoms with Crippen molar-refractivity contribution in [1.29, 1.82) is 0 Å². The summed E-state index contributed by atoms with van der Waals surface area (Å²) in [6.45, 7) is 4.49. The number of rotatable bonds is 7. The molecule has 0 fully saturated rings. The molecular formula is C24H21ClI2N2O2. The third kappa shape index (κ3) is 7.18. The van der Waals surface area contributed by atoms with E-state index in [4.69, 9.17) is 16.3 Å². The van der Waals surface area contributed by atoms with Crippen molar-refractivity contribution in [2.45, 2.75) is 26.9 Å². The van der Waals surface area contributed by atoms with Gasteiger partial charge < -0.3 is 4.74 Å². The van der Waals surface area contributed by atoms with Crippen molar-refractivity contribution in [2.75, 3.05) is 0 Å². The zero-order valence-electron chi connectivity index (χ0n) is 17.1. The van der Waals surface area contributed by atoms with Gasteiger partial charge in [-0.1, -0.05) is 47.5 Å². The second kappa shape index (κ2) is 11.3. The molecule has 0 heterocycles. The summed E-state index contributed by atoms with van der Waals surface area (Å²) in [5, 5.41) is 4.83. The molecule has 0 spiro atoms. The van der Waals surface area contributed by atoms with Crippen molar-refractivity contribution in [1.82, 2.24) is 5.43 Å². The molecule has 0 saturated heterocycles. The van der Waals surface area contributed by atoms with Gasteiger partial charge in [0, 0.05) is 5.02 Å². The van der Waals surface area contributed by atoms with Gasteiger partial charge in [-0.25, -0.2) is 5.43 Å². The summed E-state index contributed by atoms with van der Waals surface area (Å²) < 4.78 is 7.95. The zero-order chi connectivity index (χ0) is 22.4. The van der Waals surface area contributed by atoms with E-state index in [0.29, 0.717) is 18.1 Å². The van der Waals surface area contributed by atoms with Crippen molar-refractivity contribution in [3.8, 4) is 5.75 Å². The Hall–Kier alpha value is -1.65. The summed E-state index contributed by atoms with van der Waals surface area (Å²) in [5.41, 5.74) is 7.80. The predicted octanol–water partition coefficient (Wildman–Crippen LogP) is 6.44. The standard InChI is InChI=1S/C24H21ClI2N2O2/c1-15-3-4-16(2)19(9-15)12-23(30)29-28-13-18-10-21(26)24(22(27)11-18)31-14-17-5-7-20(25)8-6-17/h3-11,13H,12,14H2,1-2H3,(H,29,30)/b28-13+. The van der Waals surface area contributed by atoms with Crippen molar-refractivity contribution in [2.24, 2.45) is 5.10 Å². The van der Waals surface area contributed by atoms with E-state index in [2.05, 4.69) is 55.7 Å². The Morgan fingerprint density at radius 3 is 2.42 bits per heavy atom. The Balaban J connectivity index is 1.60. The normalized spacial score (nSPS) is 11.0. The van der Waals surface area contributed by atoms with Crippen LogP contribution in [0.3, 0.4) is 0 Å². The van der Waals surface area contributed by atoms with E-state index in [-0.39, 0.29) is 5.91 Å². The molecule has 3 rings (SSSR count). The summed E-state index contributed by atoms with van der Waals surface area (Å²) in [5.74, 6) is 0.685. The lowest BCUT2D eigenvalue weighted by atomic mass is 10.0. The first kappa shape index (κ1) is 24.0. The molecular weight excluding hydrogens is 638 g/mol. The van der Waals surface area contributed by atoms with E-state index in [0.717, 1.165) is 40.7 Å². The Morgan fingerprint density at radius 2 is 1.74 bits per heavy atom. The van der Waals surface area contributed by atoms with Crippen LogP contribution in [0.4, 0.5) is 0 Å². The second-order valence-corrected chi connectivity index (χ2v) is 9.89. The van der Waals surface area contributed by atoms with Crippen LogP contribution in [0.15, 0.2) is 59.7 Å². The highest BCUT2D eigenvalue weighted by Gasteiger charge is 2.09. The molecule has 3 aromatic carbocycles. The van der Waals surface area contributed by atoms with Gasteiger partial charge in [0.05, 0.1) is 19.8 Å². The molecule has 4 nitrogen and oxygen atoms in total. The van der Waals surface area contributed by atoms with E-state index in [1.807, 2.05) is 68.4 Å². The van der Waals surface area contributed by atoms with E-state index in [1.54, 1.807) is 6.21 Å². The minimum Gasteiger partial charge on any atom is -0.487 e. The molecule has 31 heavy (non-hydrogen) atoms. The number of benzene rings is 3. The minimum atomic E-state index is -0.141. The van der Waals surface area contributed by atoms with Gasteiger partial charge in [-0.2, -0.15) is 5.10 Å². The first-order valence-corrected chi connectivity index (χ1v) is 12.1. The summed E-state index contributed by atoms with van der Waals surface area (Å²) in [6, 6.07) is 17.7. The molecule has 0 aliphatic rings. The number of hydrogen-bond acceptors (Lipinski definition) is 3. The number of nitrogens with one attached hydrogen (secondary N) is 1. The smallest absolute Gasteiger partial charge is 0.244 e. The van der Waals surface area contributed by atoms with Crippen molar-refractivity contribution in [3.05, 3.63) is 94.6 Å². The number of hydrazone groups is 1. The van der Waals surface area contributed by atoms with Gasteiger partial charge >= 0.3 is 0 Å². The zero-order valence-corrected chi connectivity index (χ0v) is 22.2. The van der Waals surface area contributed by atoms with Gasteiger partial charge in [0.2, 0.25) is 5.91 Å². The average molecular weight is 659 g/mol. The second-order valence-electron chi connectivity index (χ2n) is 7.13. The van der Waals surface area contributed by atoms with Crippen LogP contribution in [0.1, 0.15) is 27.8 Å². The quantitative estimate of drug-likeness (QED) is 0.181. The Kier molecular flexibility index (Phi) is 8.74. The van der Waals surface area contributed by atoms with Crippen molar-refractivity contribution in [3.63, 3.8) is 0 Å². The molecule has 0 atom stereocenters. The summed E-state index contributed by atoms with van der Waals surface area (Å²) in [6.07, 6.45) is 1.95. The molecule has 0 radical (unpaired) electrons. The molecule has 1 N–H and O–H groups in total. The highest BCUT2D eigenvalue weighted by Crippen LogP contribution is 2.29. The minimum absolute atomic E-state index is 0.141. The summed E-state index contributed by atoms with van der Waals surface area (Å²) >= 11 is 10.4. The number of carbonyl (C=O) groups is 1. The van der Waals surface area contributed by atoms with Gasteiger partial charge in [0.1, 0.15) is 12.4 Å². The van der Waals surface area contributed by atoms with Crippen LogP contribution in [0, 0.1) is 21.0 Å². The first-order chi connectivity index (χ1) is 14.8. The van der Waals surface area contributed by atoms with Crippen molar-refractivity contribution < 1.29 is 9.53 Å². The third-order valence-corrected chi connectivity index (χ3v) is 6.43. The fourth-order valence-corrected chi connectivity index (χ4v) is 5.16. The lowest BCUT2D eigenvalue weighted by molar-refractivity contribution is -0.120. The largest absolute Gasteiger partial charge is 0.487 e. The molecule has 0 bridgehead atoms. The highest BCUT2D eigenvalue weighted by molar-refractivity contribution is 14.1. The fourth-order valence-electron chi connectivity index (χ4n) is 2.91. The Bertz CT molecular complexity index is 1090. The monoisotopic (exact) mass is 658 g/mol. The molecule has 0 aliphatic carbocycles. The maximum atomic E-state index is 12.2. The third-order valence-electron chi connectivity index (χ3n) is 4.58. The number of amides is 1. The molecule has 0 saturated carbocycles. The van der Waals surface area contributed by atoms with E-state index < -0.39 is 0 Å². The van der Waals surface area contributed by atoms with Gasteiger partial charge in [-0.15, -0.1) is 0 Å². The van der Waals surface area contributed by atoms with Gasteiger partial charge in [0.25, 0.3) is 0 Å². The molecule has 3 aromatic rings. The number of ether oxygens (including phenoxy) is 1. The number of aryl methyl sites for hydroxylation is 2. The van der Waals surface area contributed by atoms with Crippen LogP contribution in [-0.4, -0.2) is 12.1 Å². The van der Waals surface area contributed by atoms with Crippen LogP contribution in [-0.2, 0) is 17.8 Å². The number of carbonyl (C=O) groups excluding carboxylic acids is 1. The molecule has 160 valence electrons. The topological polar surface area (TPSA) is 50.7 Å². The van der Waals surface area contributed by atoms with E-state index in [9.17, 15) is 4.79 Å². The van der Waals surface area contributed by atoms with E-state index >= 15 is 0 Å². The molecule has 0 aromatic heterocycles. The Morgan fingerprint density at radius 1 is 1.06 bits per heavy atom. The number of nitrogens with zero attached hydrogens (tertiary/aromatic N) is 1. The van der Waals surface area contributed by atoms with Crippen LogP contribution >= 0.6 is 56.8 Å². The summed E-state index contributed by atoms with van der Waals surface area (Å²) in [7, 11) is 0. The summed E-state index contributed by atoms with van der Waals surface area (Å²) in [4.78, 5) is 12.2. The molecule has 7 heteroatoms. The Labute approximate surface area is 214 Å². The molecule has 0 aliphatic heterocycles. The highest BCUT2D eigenvalue weighted by atomic mass is 127.